The van der Waals surface area contributed by atoms with Gasteiger partial charge in [0.15, 0.2) is 5.11 Å². The number of hydrogen-bond acceptors (Lipinski definition) is 6. The summed E-state index contributed by atoms with van der Waals surface area (Å²) in [5.74, 6) is -4.40. The van der Waals surface area contributed by atoms with E-state index in [1.165, 1.54) is 36.2 Å². The van der Waals surface area contributed by atoms with Crippen LogP contribution in [0.1, 0.15) is 44.5 Å². The maximum atomic E-state index is 14.8. The Morgan fingerprint density at radius 2 is 1.89 bits per heavy atom. The van der Waals surface area contributed by atoms with Gasteiger partial charge in [-0.25, -0.2) is 4.98 Å². The van der Waals surface area contributed by atoms with Crippen molar-refractivity contribution in [2.24, 2.45) is 0 Å². The molecule has 1 amide bonds. The summed E-state index contributed by atoms with van der Waals surface area (Å²) >= 11 is 5.63. The first-order valence-corrected chi connectivity index (χ1v) is 11.8. The van der Waals surface area contributed by atoms with E-state index in [0.717, 1.165) is 15.4 Å². The van der Waals surface area contributed by atoms with E-state index in [1.54, 1.807) is 39.0 Å². The number of aromatic nitrogens is 2. The summed E-state index contributed by atoms with van der Waals surface area (Å²) in [6.07, 6.45) is 3.64. The van der Waals surface area contributed by atoms with E-state index in [0.29, 0.717) is 23.8 Å². The minimum Gasteiger partial charge on any atom is -0.502 e. The number of benzene rings is 1. The number of rotatable bonds is 5. The lowest BCUT2D eigenvalue weighted by Gasteiger charge is -2.29. The van der Waals surface area contributed by atoms with E-state index >= 15 is 0 Å². The van der Waals surface area contributed by atoms with Crippen LogP contribution in [0, 0.1) is 11.3 Å². The molecule has 0 aliphatic carbocycles. The molecule has 8 nitrogen and oxygen atoms in total. The van der Waals surface area contributed by atoms with Gasteiger partial charge in [0.2, 0.25) is 5.75 Å². The minimum absolute atomic E-state index is 0.00485. The van der Waals surface area contributed by atoms with Crippen LogP contribution in [0.3, 0.4) is 0 Å². The molecule has 2 aromatic heterocycles. The van der Waals surface area contributed by atoms with Gasteiger partial charge >= 0.3 is 0 Å². The second-order valence-electron chi connectivity index (χ2n) is 8.96. The molecule has 190 valence electrons. The molecule has 0 spiro atoms. The lowest BCUT2D eigenvalue weighted by atomic mass is 9.99. The fourth-order valence-corrected chi connectivity index (χ4v) is 4.86. The van der Waals surface area contributed by atoms with Crippen LogP contribution >= 0.6 is 12.2 Å². The topological polar surface area (TPSA) is 102 Å². The molecular weight excluding hydrogens is 500 g/mol. The van der Waals surface area contributed by atoms with Crippen LogP contribution in [0.25, 0.3) is 5.65 Å². The maximum Gasteiger partial charge on any atom is 0.300 e. The average Bonchev–Trinajstić information content (AvgIpc) is 3.04. The normalized spacial score (nSPS) is 15.7. The third kappa shape index (κ3) is 4.03. The van der Waals surface area contributed by atoms with Crippen molar-refractivity contribution < 1.29 is 18.7 Å². The fourth-order valence-electron chi connectivity index (χ4n) is 4.34. The van der Waals surface area contributed by atoms with E-state index in [9.17, 15) is 28.7 Å². The molecule has 0 unspecified atom stereocenters. The van der Waals surface area contributed by atoms with Gasteiger partial charge in [-0.2, -0.15) is 14.0 Å². The molecule has 1 saturated heterocycles. The van der Waals surface area contributed by atoms with Crippen molar-refractivity contribution in [1.29, 1.82) is 5.26 Å². The SMILES string of the molecule is C/C=C/C(F)(F)c1cc(N2C(=O)C(C)(C)N(c3ccc4nc(CC)c(O)c(=O)n4c3)C2=S)ccc1C#N. The first-order valence-electron chi connectivity index (χ1n) is 11.4. The number of halogens is 2. The van der Waals surface area contributed by atoms with Gasteiger partial charge in [-0.05, 0) is 75.8 Å². The summed E-state index contributed by atoms with van der Waals surface area (Å²) in [6.45, 7) is 6.43. The Bertz CT molecular complexity index is 1590. The van der Waals surface area contributed by atoms with Gasteiger partial charge in [0.1, 0.15) is 11.2 Å². The lowest BCUT2D eigenvalue weighted by Crippen LogP contribution is -2.44. The maximum absolute atomic E-state index is 14.8. The number of amides is 1. The average molecular weight is 524 g/mol. The largest absolute Gasteiger partial charge is 0.502 e. The number of allylic oxidation sites excluding steroid dienone is 2. The monoisotopic (exact) mass is 523 g/mol. The Labute approximate surface area is 216 Å². The van der Waals surface area contributed by atoms with E-state index in [4.69, 9.17) is 12.2 Å². The molecule has 1 N–H and O–H groups in total. The van der Waals surface area contributed by atoms with E-state index in [-0.39, 0.29) is 22.1 Å². The van der Waals surface area contributed by atoms with Crippen LogP contribution in [0.5, 0.6) is 5.75 Å². The second-order valence-corrected chi connectivity index (χ2v) is 9.33. The molecule has 4 rings (SSSR count). The van der Waals surface area contributed by atoms with Gasteiger partial charge in [-0.15, -0.1) is 0 Å². The van der Waals surface area contributed by atoms with Gasteiger partial charge in [-0.3, -0.25) is 18.9 Å². The number of alkyl halides is 2. The minimum atomic E-state index is -3.44. The van der Waals surface area contributed by atoms with Crippen LogP contribution in [0.4, 0.5) is 20.2 Å². The van der Waals surface area contributed by atoms with Crippen molar-refractivity contribution >= 4 is 40.3 Å². The molecule has 11 heteroatoms. The van der Waals surface area contributed by atoms with Crippen LogP contribution in [0.15, 0.2) is 53.5 Å². The Hall–Kier alpha value is -4.17. The molecule has 0 atom stereocenters. The van der Waals surface area contributed by atoms with E-state index in [1.807, 2.05) is 0 Å². The second kappa shape index (κ2) is 9.05. The highest BCUT2D eigenvalue weighted by molar-refractivity contribution is 7.81. The summed E-state index contributed by atoms with van der Waals surface area (Å²) in [6, 6.07) is 8.66. The number of carbonyl (C=O) groups excluding carboxylic acids is 1. The van der Waals surface area contributed by atoms with Crippen LogP contribution < -0.4 is 15.4 Å². The van der Waals surface area contributed by atoms with Crippen molar-refractivity contribution in [1.82, 2.24) is 9.38 Å². The Morgan fingerprint density at radius 1 is 1.22 bits per heavy atom. The fraction of sp³-hybridized carbons (Fsp3) is 0.269. The number of aryl methyl sites for hydroxylation is 1. The molecule has 3 heterocycles. The van der Waals surface area contributed by atoms with Gasteiger partial charge in [0.05, 0.1) is 28.7 Å². The molecule has 1 fully saturated rings. The first-order chi connectivity index (χ1) is 17.4. The van der Waals surface area contributed by atoms with Gasteiger partial charge in [-0.1, -0.05) is 13.0 Å². The Balaban J connectivity index is 1.85. The van der Waals surface area contributed by atoms with Crippen molar-refractivity contribution in [3.05, 3.63) is 75.9 Å². The number of nitrogens with zero attached hydrogens (tertiary/aromatic N) is 5. The molecule has 1 aromatic carbocycles. The molecule has 0 bridgehead atoms. The Morgan fingerprint density at radius 3 is 2.51 bits per heavy atom. The van der Waals surface area contributed by atoms with Crippen molar-refractivity contribution in [3.8, 4) is 11.8 Å². The number of anilines is 2. The van der Waals surface area contributed by atoms with E-state index in [2.05, 4.69) is 4.98 Å². The summed E-state index contributed by atoms with van der Waals surface area (Å²) in [5.41, 5.74) is -1.70. The molecule has 37 heavy (non-hydrogen) atoms. The molecular formula is C26H23F2N5O3S. The third-order valence-electron chi connectivity index (χ3n) is 6.23. The molecule has 3 aromatic rings. The van der Waals surface area contributed by atoms with Crippen LogP contribution in [-0.4, -0.2) is 31.0 Å². The molecule has 0 saturated carbocycles. The van der Waals surface area contributed by atoms with Crippen LogP contribution in [0.2, 0.25) is 0 Å². The summed E-state index contributed by atoms with van der Waals surface area (Å²) in [7, 11) is 0. The predicted molar refractivity (Wildman–Crippen MR) is 139 cm³/mol. The van der Waals surface area contributed by atoms with Gasteiger partial charge < -0.3 is 10.0 Å². The highest BCUT2D eigenvalue weighted by Crippen LogP contribution is 2.39. The number of nitriles is 1. The zero-order valence-electron chi connectivity index (χ0n) is 20.5. The summed E-state index contributed by atoms with van der Waals surface area (Å²) in [4.78, 5) is 33.2. The van der Waals surface area contributed by atoms with Crippen molar-refractivity contribution in [2.45, 2.75) is 45.6 Å². The number of pyridine rings is 1. The standard InChI is InChI=1S/C26H23F2N5O3S/c1-5-11-26(27,28)18-12-16(8-7-15(18)13-29)32-23(36)25(3,4)33(24(32)37)17-9-10-20-30-19(6-2)21(34)22(35)31(20)14-17/h5,7-12,14,34H,6H2,1-4H3/b11-5+. The number of aromatic hydroxyl groups is 1. The zero-order chi connectivity index (χ0) is 27.3. The van der Waals surface area contributed by atoms with Crippen molar-refractivity contribution in [2.75, 3.05) is 9.80 Å². The summed E-state index contributed by atoms with van der Waals surface area (Å²) < 4.78 is 30.7. The molecule has 1 aliphatic heterocycles. The van der Waals surface area contributed by atoms with Crippen LogP contribution in [-0.2, 0) is 17.1 Å². The number of thiocarbonyl (C=S) groups is 1. The predicted octanol–water partition coefficient (Wildman–Crippen LogP) is 4.42. The molecule has 1 aliphatic rings. The quantitative estimate of drug-likeness (QED) is 0.390. The first kappa shape index (κ1) is 25.9. The van der Waals surface area contributed by atoms with Crippen molar-refractivity contribution in [3.63, 3.8) is 0 Å². The molecule has 0 radical (unpaired) electrons. The number of carbonyl (C=O) groups is 1. The highest BCUT2D eigenvalue weighted by Gasteiger charge is 2.50. The van der Waals surface area contributed by atoms with Gasteiger partial charge in [0, 0.05) is 11.8 Å². The highest BCUT2D eigenvalue weighted by atomic mass is 32.1. The zero-order valence-corrected chi connectivity index (χ0v) is 21.3. The summed E-state index contributed by atoms with van der Waals surface area (Å²) in [5, 5.41) is 19.6. The third-order valence-corrected chi connectivity index (χ3v) is 6.60. The lowest BCUT2D eigenvalue weighted by molar-refractivity contribution is -0.120. The smallest absolute Gasteiger partial charge is 0.300 e. The van der Waals surface area contributed by atoms with Gasteiger partial charge in [0.25, 0.3) is 17.4 Å². The number of fused-ring (bicyclic) bond motifs is 1. The van der Waals surface area contributed by atoms with E-state index < -0.39 is 34.2 Å². The Kier molecular flexibility index (Phi) is 6.33. The number of hydrogen-bond donors (Lipinski definition) is 1.